The molecule has 5 nitrogen and oxygen atoms in total. The zero-order valence-electron chi connectivity index (χ0n) is 16.4. The summed E-state index contributed by atoms with van der Waals surface area (Å²) in [5.41, 5.74) is 0.182. The summed E-state index contributed by atoms with van der Waals surface area (Å²) < 4.78 is 12.3. The first-order valence-electron chi connectivity index (χ1n) is 9.31. The predicted octanol–water partition coefficient (Wildman–Crippen LogP) is 5.11. The van der Waals surface area contributed by atoms with Gasteiger partial charge in [0, 0.05) is 27.5 Å². The van der Waals surface area contributed by atoms with Gasteiger partial charge in [-0.3, -0.25) is 0 Å². The van der Waals surface area contributed by atoms with E-state index in [-0.39, 0.29) is 12.1 Å². The third kappa shape index (κ3) is 4.36. The Balaban J connectivity index is 1.74. The molecule has 0 radical (unpaired) electrons. The van der Waals surface area contributed by atoms with Crippen molar-refractivity contribution in [2.75, 3.05) is 13.7 Å². The fourth-order valence-corrected chi connectivity index (χ4v) is 4.80. The predicted molar refractivity (Wildman–Crippen MR) is 107 cm³/mol. The van der Waals surface area contributed by atoms with Crippen molar-refractivity contribution in [1.82, 2.24) is 4.90 Å². The number of ether oxygens (including phenoxy) is 2. The number of nitrogens with zero attached hydrogens (tertiary/aromatic N) is 2. The van der Waals surface area contributed by atoms with Crippen LogP contribution >= 0.6 is 11.3 Å². The van der Waals surface area contributed by atoms with Crippen molar-refractivity contribution in [3.8, 4) is 11.8 Å². The third-order valence-electron chi connectivity index (χ3n) is 4.76. The standard InChI is InChI=1S/C21H26N2O3S/c1-21(2,3)26-20(24)23-11-5-6-15(23)8-10-17-19(25-4)16-9-7-14(13-22)12-18(16)27-17/h7,9,12,15H,5-6,8,10-11H2,1-4H3/t15-/m0/s1. The summed E-state index contributed by atoms with van der Waals surface area (Å²) in [5.74, 6) is 0.890. The summed E-state index contributed by atoms with van der Waals surface area (Å²) in [6.07, 6.45) is 3.53. The number of thiophene rings is 1. The molecular weight excluding hydrogens is 360 g/mol. The maximum Gasteiger partial charge on any atom is 0.410 e. The number of rotatable bonds is 4. The van der Waals surface area contributed by atoms with Gasteiger partial charge in [0.1, 0.15) is 11.4 Å². The minimum Gasteiger partial charge on any atom is -0.495 e. The molecule has 2 heterocycles. The van der Waals surface area contributed by atoms with Crippen molar-refractivity contribution >= 4 is 27.5 Å². The molecule has 0 unspecified atom stereocenters. The normalized spacial score (nSPS) is 17.1. The van der Waals surface area contributed by atoms with Gasteiger partial charge in [-0.05, 0) is 64.7 Å². The van der Waals surface area contributed by atoms with E-state index in [1.807, 2.05) is 43.9 Å². The van der Waals surface area contributed by atoms with Gasteiger partial charge in [0.05, 0.1) is 18.7 Å². The molecule has 1 aromatic carbocycles. The average Bonchev–Trinajstić information content (AvgIpc) is 3.21. The first-order valence-corrected chi connectivity index (χ1v) is 10.1. The molecule has 1 aromatic heterocycles. The Morgan fingerprint density at radius 3 is 2.85 bits per heavy atom. The van der Waals surface area contributed by atoms with Gasteiger partial charge < -0.3 is 14.4 Å². The van der Waals surface area contributed by atoms with Gasteiger partial charge in [-0.2, -0.15) is 5.26 Å². The number of hydrogen-bond acceptors (Lipinski definition) is 5. The Labute approximate surface area is 164 Å². The van der Waals surface area contributed by atoms with Crippen molar-refractivity contribution in [2.45, 2.75) is 58.1 Å². The number of fused-ring (bicyclic) bond motifs is 1. The molecule has 0 aliphatic carbocycles. The molecule has 1 saturated heterocycles. The Hall–Kier alpha value is -2.26. The summed E-state index contributed by atoms with van der Waals surface area (Å²) in [6, 6.07) is 8.07. The quantitative estimate of drug-likeness (QED) is 0.732. The van der Waals surface area contributed by atoms with Gasteiger partial charge in [0.25, 0.3) is 0 Å². The lowest BCUT2D eigenvalue weighted by molar-refractivity contribution is 0.0221. The Morgan fingerprint density at radius 2 is 2.19 bits per heavy atom. The number of carbonyl (C=O) groups excluding carboxylic acids is 1. The first-order chi connectivity index (χ1) is 12.8. The average molecular weight is 387 g/mol. The second-order valence-corrected chi connectivity index (χ2v) is 9.03. The van der Waals surface area contributed by atoms with Crippen LogP contribution in [0.5, 0.6) is 5.75 Å². The number of hydrogen-bond donors (Lipinski definition) is 0. The number of nitriles is 1. The largest absolute Gasteiger partial charge is 0.495 e. The van der Waals surface area contributed by atoms with E-state index in [0.717, 1.165) is 48.1 Å². The highest BCUT2D eigenvalue weighted by Crippen LogP contribution is 2.39. The summed E-state index contributed by atoms with van der Waals surface area (Å²) in [7, 11) is 1.69. The summed E-state index contributed by atoms with van der Waals surface area (Å²) in [6.45, 7) is 6.45. The zero-order valence-corrected chi connectivity index (χ0v) is 17.2. The number of methoxy groups -OCH3 is 1. The molecule has 0 N–H and O–H groups in total. The van der Waals surface area contributed by atoms with E-state index in [4.69, 9.17) is 14.7 Å². The van der Waals surface area contributed by atoms with Crippen LogP contribution in [-0.2, 0) is 11.2 Å². The molecular formula is C21H26N2O3S. The van der Waals surface area contributed by atoms with Crippen LogP contribution in [0.3, 0.4) is 0 Å². The van der Waals surface area contributed by atoms with Crippen LogP contribution in [-0.4, -0.2) is 36.3 Å². The van der Waals surface area contributed by atoms with Crippen molar-refractivity contribution in [3.63, 3.8) is 0 Å². The molecule has 0 saturated carbocycles. The summed E-state index contributed by atoms with van der Waals surface area (Å²) in [5, 5.41) is 10.2. The van der Waals surface area contributed by atoms with Gasteiger partial charge in [0.2, 0.25) is 0 Å². The highest BCUT2D eigenvalue weighted by molar-refractivity contribution is 7.19. The maximum absolute atomic E-state index is 12.5. The van der Waals surface area contributed by atoms with E-state index >= 15 is 0 Å². The fourth-order valence-electron chi connectivity index (χ4n) is 3.58. The number of benzene rings is 1. The lowest BCUT2D eigenvalue weighted by Crippen LogP contribution is -2.39. The fraction of sp³-hybridized carbons (Fsp3) is 0.524. The highest BCUT2D eigenvalue weighted by Gasteiger charge is 2.32. The van der Waals surface area contributed by atoms with Crippen LogP contribution < -0.4 is 4.74 Å². The molecule has 1 aliphatic heterocycles. The van der Waals surface area contributed by atoms with Crippen LogP contribution in [0.4, 0.5) is 4.79 Å². The molecule has 1 aliphatic rings. The van der Waals surface area contributed by atoms with Gasteiger partial charge in [-0.15, -0.1) is 11.3 Å². The summed E-state index contributed by atoms with van der Waals surface area (Å²) in [4.78, 5) is 15.5. The summed E-state index contributed by atoms with van der Waals surface area (Å²) >= 11 is 1.67. The van der Waals surface area contributed by atoms with E-state index in [0.29, 0.717) is 5.56 Å². The lowest BCUT2D eigenvalue weighted by atomic mass is 10.1. The zero-order chi connectivity index (χ0) is 19.6. The van der Waals surface area contributed by atoms with E-state index in [9.17, 15) is 4.79 Å². The molecule has 1 fully saturated rings. The van der Waals surface area contributed by atoms with Crippen molar-refractivity contribution in [3.05, 3.63) is 28.6 Å². The molecule has 1 atom stereocenters. The van der Waals surface area contributed by atoms with Crippen LogP contribution in [0.15, 0.2) is 18.2 Å². The molecule has 6 heteroatoms. The van der Waals surface area contributed by atoms with Gasteiger partial charge >= 0.3 is 6.09 Å². The second kappa shape index (κ2) is 7.77. The molecule has 27 heavy (non-hydrogen) atoms. The minimum atomic E-state index is -0.475. The Morgan fingerprint density at radius 1 is 1.41 bits per heavy atom. The van der Waals surface area contributed by atoms with E-state index in [1.165, 1.54) is 4.88 Å². The van der Waals surface area contributed by atoms with Gasteiger partial charge in [-0.25, -0.2) is 4.79 Å². The van der Waals surface area contributed by atoms with E-state index in [1.54, 1.807) is 18.4 Å². The first kappa shape index (κ1) is 19.5. The van der Waals surface area contributed by atoms with Gasteiger partial charge in [-0.1, -0.05) is 0 Å². The van der Waals surface area contributed by atoms with Crippen molar-refractivity contribution < 1.29 is 14.3 Å². The second-order valence-electron chi connectivity index (χ2n) is 7.89. The van der Waals surface area contributed by atoms with Gasteiger partial charge in [0.15, 0.2) is 0 Å². The highest BCUT2D eigenvalue weighted by atomic mass is 32.1. The minimum absolute atomic E-state index is 0.199. The Bertz CT molecular complexity index is 876. The van der Waals surface area contributed by atoms with Crippen LogP contribution in [0, 0.1) is 11.3 Å². The number of amides is 1. The molecule has 1 amide bonds. The number of likely N-dealkylation sites (tertiary alicyclic amines) is 1. The van der Waals surface area contributed by atoms with Crippen molar-refractivity contribution in [1.29, 1.82) is 5.26 Å². The van der Waals surface area contributed by atoms with Crippen LogP contribution in [0.2, 0.25) is 0 Å². The molecule has 2 aromatic rings. The topological polar surface area (TPSA) is 62.6 Å². The van der Waals surface area contributed by atoms with Crippen LogP contribution in [0.1, 0.15) is 50.5 Å². The van der Waals surface area contributed by atoms with Crippen molar-refractivity contribution in [2.24, 2.45) is 0 Å². The molecule has 144 valence electrons. The monoisotopic (exact) mass is 386 g/mol. The Kier molecular flexibility index (Phi) is 5.61. The third-order valence-corrected chi connectivity index (χ3v) is 5.95. The van der Waals surface area contributed by atoms with E-state index in [2.05, 4.69) is 6.07 Å². The van der Waals surface area contributed by atoms with Crippen LogP contribution in [0.25, 0.3) is 10.1 Å². The molecule has 3 rings (SSSR count). The van der Waals surface area contributed by atoms with E-state index < -0.39 is 5.60 Å². The lowest BCUT2D eigenvalue weighted by Gasteiger charge is -2.28. The number of carbonyl (C=O) groups is 1. The number of aryl methyl sites for hydroxylation is 1. The smallest absolute Gasteiger partial charge is 0.410 e. The molecule has 0 spiro atoms. The SMILES string of the molecule is COc1c(CC[C@@H]2CCCN2C(=O)OC(C)(C)C)sc2cc(C#N)ccc12. The maximum atomic E-state index is 12.5. The molecule has 0 bridgehead atoms.